The predicted molar refractivity (Wildman–Crippen MR) is 104 cm³/mol. The first kappa shape index (κ1) is 20.6. The van der Waals surface area contributed by atoms with Crippen molar-refractivity contribution in [2.75, 3.05) is 13.1 Å². The monoisotopic (exact) mass is 419 g/mol. The summed E-state index contributed by atoms with van der Waals surface area (Å²) in [7, 11) is -4.08. The topological polar surface area (TPSA) is 156 Å². The van der Waals surface area contributed by atoms with Crippen LogP contribution in [-0.4, -0.2) is 79.4 Å². The summed E-state index contributed by atoms with van der Waals surface area (Å²) < 4.78 is 26.4. The largest absolute Gasteiger partial charge is 0.387 e. The van der Waals surface area contributed by atoms with Gasteiger partial charge < -0.3 is 21.3 Å². The zero-order valence-corrected chi connectivity index (χ0v) is 16.4. The van der Waals surface area contributed by atoms with Crippen molar-refractivity contribution in [3.05, 3.63) is 12.3 Å². The second-order valence-electron chi connectivity index (χ2n) is 6.89. The van der Waals surface area contributed by atoms with Gasteiger partial charge in [-0.05, 0) is 19.2 Å². The lowest BCUT2D eigenvalue weighted by atomic mass is 10.0. The van der Waals surface area contributed by atoms with Gasteiger partial charge in [0.25, 0.3) is 0 Å². The predicted octanol–water partition coefficient (Wildman–Crippen LogP) is -2.36. The van der Waals surface area contributed by atoms with Gasteiger partial charge >= 0.3 is 6.03 Å². The number of terminal acetylenes is 1. The molecule has 29 heavy (non-hydrogen) atoms. The molecule has 1 saturated heterocycles. The Bertz CT molecular complexity index is 932. The maximum Gasteiger partial charge on any atom is 0.332 e. The van der Waals surface area contributed by atoms with Crippen LogP contribution < -0.4 is 21.3 Å². The lowest BCUT2D eigenvalue weighted by Gasteiger charge is -2.41. The third kappa shape index (κ3) is 4.04. The van der Waals surface area contributed by atoms with Crippen LogP contribution in [0.1, 0.15) is 6.92 Å². The normalized spacial score (nSPS) is 33.3. The Morgan fingerprint density at radius 1 is 1.55 bits per heavy atom. The molecule has 6 atom stereocenters. The van der Waals surface area contributed by atoms with E-state index < -0.39 is 64.0 Å². The van der Waals surface area contributed by atoms with Crippen molar-refractivity contribution < 1.29 is 18.0 Å². The van der Waals surface area contributed by atoms with Crippen LogP contribution in [0.3, 0.4) is 0 Å². The average Bonchev–Trinajstić information content (AvgIpc) is 2.69. The number of carbonyl (C=O) groups is 2. The molecule has 0 radical (unpaired) electrons. The van der Waals surface area contributed by atoms with E-state index in [2.05, 4.69) is 32.2 Å². The zero-order valence-electron chi connectivity index (χ0n) is 15.6. The Kier molecular flexibility index (Phi) is 5.77. The molecule has 0 bridgehead atoms. The number of nitrogens with one attached hydrogen (secondary N) is 4. The Balaban J connectivity index is 1.70. The molecule has 4 N–H and O–H groups in total. The molecule has 0 saturated carbocycles. The summed E-state index contributed by atoms with van der Waals surface area (Å²) in [5, 5.41) is 18.9. The lowest BCUT2D eigenvalue weighted by Crippen LogP contribution is -2.68. The molecule has 3 amide bonds. The molecular formula is C17H21N7O4S. The number of fused-ring (bicyclic) bond motifs is 1. The second kappa shape index (κ2) is 8.11. The van der Waals surface area contributed by atoms with E-state index in [1.54, 1.807) is 19.2 Å². The van der Waals surface area contributed by atoms with Gasteiger partial charge in [0.05, 0.1) is 18.2 Å². The quantitative estimate of drug-likeness (QED) is 0.371. The molecule has 0 aliphatic carbocycles. The van der Waals surface area contributed by atoms with Crippen molar-refractivity contribution in [3.8, 4) is 18.4 Å². The van der Waals surface area contributed by atoms with Gasteiger partial charge in [0, 0.05) is 18.8 Å². The molecule has 0 spiro atoms. The summed E-state index contributed by atoms with van der Waals surface area (Å²) in [6, 6.07) is -1.87. The van der Waals surface area contributed by atoms with Crippen LogP contribution >= 0.6 is 0 Å². The number of aliphatic imine (C=N–C) groups is 1. The molecule has 3 heterocycles. The Morgan fingerprint density at radius 3 is 2.93 bits per heavy atom. The first-order valence-electron chi connectivity index (χ1n) is 8.94. The molecule has 3 rings (SSSR count). The fraction of sp³-hybridized carbons (Fsp3) is 0.529. The van der Waals surface area contributed by atoms with Crippen molar-refractivity contribution in [1.29, 1.82) is 5.26 Å². The Labute approximate surface area is 168 Å². The molecule has 12 heteroatoms. The molecular weight excluding hydrogens is 398 g/mol. The van der Waals surface area contributed by atoms with E-state index in [0.717, 1.165) is 0 Å². The number of amides is 3. The second-order valence-corrected chi connectivity index (χ2v) is 8.91. The molecule has 0 aromatic heterocycles. The molecule has 154 valence electrons. The van der Waals surface area contributed by atoms with Gasteiger partial charge in [-0.3, -0.25) is 9.79 Å². The standard InChI is InChI=1S/C17H21N7O4S/c1-3-12(14-8-20-11(6-18)7-21-14)22-15(25)9-24-17(26)23-13-4-5-19-10(2)16(13)29(24,27)28/h1,4-5,8,10-14,16,19,21H,7,9H2,2H3,(H,22,25)(H,23,26)/t10?,11?,12-,13?,14?,16?/m0/s1. The average molecular weight is 419 g/mol. The molecule has 3 aliphatic heterocycles. The molecule has 0 aromatic rings. The molecule has 0 aromatic carbocycles. The van der Waals surface area contributed by atoms with Gasteiger partial charge in [-0.25, -0.2) is 17.5 Å². The van der Waals surface area contributed by atoms with Crippen LogP contribution in [-0.2, 0) is 14.8 Å². The van der Waals surface area contributed by atoms with Gasteiger partial charge in [0.15, 0.2) is 0 Å². The van der Waals surface area contributed by atoms with Crippen molar-refractivity contribution in [2.24, 2.45) is 4.99 Å². The van der Waals surface area contributed by atoms with Gasteiger partial charge in [-0.2, -0.15) is 5.26 Å². The molecule has 1 fully saturated rings. The third-order valence-corrected chi connectivity index (χ3v) is 7.24. The summed E-state index contributed by atoms with van der Waals surface area (Å²) in [5.74, 6) is 1.67. The van der Waals surface area contributed by atoms with E-state index in [1.165, 1.54) is 6.21 Å². The number of carbonyl (C=O) groups excluding carboxylic acids is 2. The van der Waals surface area contributed by atoms with E-state index in [4.69, 9.17) is 11.7 Å². The van der Waals surface area contributed by atoms with Gasteiger partial charge in [0.2, 0.25) is 15.9 Å². The van der Waals surface area contributed by atoms with Gasteiger partial charge in [0.1, 0.15) is 23.9 Å². The summed E-state index contributed by atoms with van der Waals surface area (Å²) in [6.45, 7) is 1.26. The van der Waals surface area contributed by atoms with Crippen LogP contribution in [0.25, 0.3) is 0 Å². The minimum Gasteiger partial charge on any atom is -0.387 e. The maximum absolute atomic E-state index is 12.9. The minimum absolute atomic E-state index is 0.274. The smallest absolute Gasteiger partial charge is 0.332 e. The van der Waals surface area contributed by atoms with E-state index in [9.17, 15) is 18.0 Å². The number of urea groups is 1. The van der Waals surface area contributed by atoms with E-state index in [1.807, 2.05) is 6.07 Å². The van der Waals surface area contributed by atoms with E-state index >= 15 is 0 Å². The minimum atomic E-state index is -4.08. The van der Waals surface area contributed by atoms with Gasteiger partial charge in [-0.1, -0.05) is 5.92 Å². The number of rotatable bonds is 4. The van der Waals surface area contributed by atoms with Crippen molar-refractivity contribution in [1.82, 2.24) is 25.6 Å². The first-order valence-corrected chi connectivity index (χ1v) is 10.4. The van der Waals surface area contributed by atoms with Gasteiger partial charge in [-0.15, -0.1) is 6.42 Å². The third-order valence-electron chi connectivity index (χ3n) is 4.94. The fourth-order valence-corrected chi connectivity index (χ4v) is 5.45. The van der Waals surface area contributed by atoms with Crippen LogP contribution in [0, 0.1) is 23.7 Å². The highest BCUT2D eigenvalue weighted by molar-refractivity contribution is 7.90. The number of hydrogen-bond acceptors (Lipinski definition) is 8. The fourth-order valence-electron chi connectivity index (χ4n) is 3.46. The highest BCUT2D eigenvalue weighted by Crippen LogP contribution is 2.24. The summed E-state index contributed by atoms with van der Waals surface area (Å²) in [4.78, 5) is 28.8. The molecule has 5 unspecified atom stereocenters. The number of nitrogens with zero attached hydrogens (tertiary/aromatic N) is 3. The highest BCUT2D eigenvalue weighted by Gasteiger charge is 2.49. The van der Waals surface area contributed by atoms with Crippen LogP contribution in [0.5, 0.6) is 0 Å². The summed E-state index contributed by atoms with van der Waals surface area (Å²) >= 11 is 0. The number of sulfonamides is 1. The lowest BCUT2D eigenvalue weighted by molar-refractivity contribution is -0.121. The van der Waals surface area contributed by atoms with Crippen LogP contribution in [0.2, 0.25) is 0 Å². The van der Waals surface area contributed by atoms with E-state index in [-0.39, 0.29) is 6.54 Å². The van der Waals surface area contributed by atoms with Crippen molar-refractivity contribution in [3.63, 3.8) is 0 Å². The zero-order chi connectivity index (χ0) is 21.2. The number of hydrogen-bond donors (Lipinski definition) is 4. The van der Waals surface area contributed by atoms with Crippen molar-refractivity contribution >= 4 is 28.2 Å². The SMILES string of the molecule is C#C[C@H](NC(=O)CN1C(=O)NC2C=CNC(C)C2S1(=O)=O)C1C=NC(C#N)CN1. The highest BCUT2D eigenvalue weighted by atomic mass is 32.2. The Morgan fingerprint density at radius 2 is 2.31 bits per heavy atom. The summed E-state index contributed by atoms with van der Waals surface area (Å²) in [6.07, 6.45) is 10.1. The van der Waals surface area contributed by atoms with Crippen LogP contribution in [0.15, 0.2) is 17.3 Å². The van der Waals surface area contributed by atoms with Crippen molar-refractivity contribution in [2.45, 2.75) is 42.4 Å². The first-order chi connectivity index (χ1) is 13.8. The molecule has 11 nitrogen and oxygen atoms in total. The number of nitriles is 1. The summed E-state index contributed by atoms with van der Waals surface area (Å²) in [5.41, 5.74) is 0. The molecule has 3 aliphatic rings. The van der Waals surface area contributed by atoms with Crippen LogP contribution in [0.4, 0.5) is 4.79 Å². The van der Waals surface area contributed by atoms with E-state index in [0.29, 0.717) is 4.31 Å². The Hall–Kier alpha value is -3.09. The maximum atomic E-state index is 12.9.